The lowest BCUT2D eigenvalue weighted by Gasteiger charge is -2.10. The fourth-order valence-electron chi connectivity index (χ4n) is 2.28. The van der Waals surface area contributed by atoms with Crippen molar-refractivity contribution in [3.8, 4) is 11.1 Å². The molecule has 0 radical (unpaired) electrons. The van der Waals surface area contributed by atoms with Crippen LogP contribution in [0.5, 0.6) is 0 Å². The van der Waals surface area contributed by atoms with Crippen LogP contribution in [-0.4, -0.2) is 10.1 Å². The Morgan fingerprint density at radius 2 is 1.84 bits per heavy atom. The molecule has 3 rings (SSSR count). The van der Waals surface area contributed by atoms with Crippen LogP contribution in [0, 0.1) is 0 Å². The Bertz CT molecular complexity index is 740. The molecule has 0 atom stereocenters. The average Bonchev–Trinajstić information content (AvgIpc) is 2.46. The molecule has 1 heterocycles. The summed E-state index contributed by atoms with van der Waals surface area (Å²) in [6.07, 6.45) is 1.77. The number of aromatic nitrogens is 1. The second-order valence-electron chi connectivity index (χ2n) is 4.34. The lowest BCUT2D eigenvalue weighted by molar-refractivity contribution is 0.282. The highest BCUT2D eigenvalue weighted by molar-refractivity contribution is 6.31. The van der Waals surface area contributed by atoms with Crippen molar-refractivity contribution in [2.75, 3.05) is 0 Å². The van der Waals surface area contributed by atoms with Crippen LogP contribution in [0.25, 0.3) is 22.0 Å². The fourth-order valence-corrected chi connectivity index (χ4v) is 2.44. The van der Waals surface area contributed by atoms with E-state index in [0.717, 1.165) is 27.6 Å². The molecule has 3 heteroatoms. The predicted octanol–water partition coefficient (Wildman–Crippen LogP) is 4.05. The third kappa shape index (κ3) is 2.21. The highest BCUT2D eigenvalue weighted by Crippen LogP contribution is 2.31. The van der Waals surface area contributed by atoms with Gasteiger partial charge >= 0.3 is 0 Å². The summed E-state index contributed by atoms with van der Waals surface area (Å²) in [7, 11) is 0. The van der Waals surface area contributed by atoms with Gasteiger partial charge in [0.25, 0.3) is 0 Å². The van der Waals surface area contributed by atoms with E-state index in [4.69, 9.17) is 11.6 Å². The maximum Gasteiger partial charge on any atom is 0.0723 e. The molecular formula is C16H12ClNO. The number of nitrogens with zero attached hydrogens (tertiary/aromatic N) is 1. The van der Waals surface area contributed by atoms with Crippen LogP contribution in [0.4, 0.5) is 0 Å². The Hall–Kier alpha value is -1.90. The van der Waals surface area contributed by atoms with Gasteiger partial charge in [-0.2, -0.15) is 0 Å². The molecule has 0 amide bonds. The first-order valence-electron chi connectivity index (χ1n) is 6.03. The van der Waals surface area contributed by atoms with E-state index in [1.54, 1.807) is 6.20 Å². The molecule has 1 aromatic heterocycles. The Morgan fingerprint density at radius 1 is 1.00 bits per heavy atom. The van der Waals surface area contributed by atoms with Crippen molar-refractivity contribution < 1.29 is 5.11 Å². The molecule has 94 valence electrons. The lowest BCUT2D eigenvalue weighted by Crippen LogP contribution is -1.91. The van der Waals surface area contributed by atoms with Crippen LogP contribution in [-0.2, 0) is 6.61 Å². The molecule has 0 bridgehead atoms. The number of hydrogen-bond acceptors (Lipinski definition) is 2. The van der Waals surface area contributed by atoms with Crippen molar-refractivity contribution in [3.05, 3.63) is 65.3 Å². The van der Waals surface area contributed by atoms with E-state index in [1.165, 1.54) is 0 Å². The monoisotopic (exact) mass is 269 g/mol. The van der Waals surface area contributed by atoms with Gasteiger partial charge in [0.1, 0.15) is 0 Å². The molecule has 19 heavy (non-hydrogen) atoms. The maximum absolute atomic E-state index is 9.46. The minimum atomic E-state index is 0.0214. The third-order valence-corrected chi connectivity index (χ3v) is 3.42. The summed E-state index contributed by atoms with van der Waals surface area (Å²) in [5.74, 6) is 0. The van der Waals surface area contributed by atoms with Crippen molar-refractivity contribution in [2.24, 2.45) is 0 Å². The summed E-state index contributed by atoms with van der Waals surface area (Å²) in [5.41, 5.74) is 3.86. The number of aliphatic hydroxyl groups excluding tert-OH is 1. The smallest absolute Gasteiger partial charge is 0.0723 e. The first-order valence-corrected chi connectivity index (χ1v) is 6.41. The highest BCUT2D eigenvalue weighted by atomic mass is 35.5. The maximum atomic E-state index is 9.46. The van der Waals surface area contributed by atoms with Crippen molar-refractivity contribution in [1.82, 2.24) is 4.98 Å². The standard InChI is InChI=1S/C16H12ClNO/c17-12-5-6-15-14(7-8-18-16(15)9-12)13-4-2-1-3-11(13)10-19/h1-9,19H,10H2. The summed E-state index contributed by atoms with van der Waals surface area (Å²) in [5, 5.41) is 11.2. The van der Waals surface area contributed by atoms with Crippen molar-refractivity contribution in [3.63, 3.8) is 0 Å². The second-order valence-corrected chi connectivity index (χ2v) is 4.77. The van der Waals surface area contributed by atoms with E-state index in [2.05, 4.69) is 4.98 Å². The van der Waals surface area contributed by atoms with Crippen LogP contribution in [0.3, 0.4) is 0 Å². The van der Waals surface area contributed by atoms with Crippen molar-refractivity contribution in [1.29, 1.82) is 0 Å². The number of halogens is 1. The van der Waals surface area contributed by atoms with Gasteiger partial charge < -0.3 is 5.11 Å². The van der Waals surface area contributed by atoms with E-state index in [9.17, 15) is 5.11 Å². The Kier molecular flexibility index (Phi) is 3.20. The molecule has 0 saturated heterocycles. The van der Waals surface area contributed by atoms with Gasteiger partial charge in [-0.15, -0.1) is 0 Å². The van der Waals surface area contributed by atoms with Gasteiger partial charge in [-0.3, -0.25) is 4.98 Å². The van der Waals surface area contributed by atoms with Gasteiger partial charge in [0.15, 0.2) is 0 Å². The molecule has 0 aliphatic rings. The van der Waals surface area contributed by atoms with E-state index in [0.29, 0.717) is 5.02 Å². The number of pyridine rings is 1. The van der Waals surface area contributed by atoms with Gasteiger partial charge in [0.05, 0.1) is 12.1 Å². The first kappa shape index (κ1) is 12.2. The largest absolute Gasteiger partial charge is 0.392 e. The summed E-state index contributed by atoms with van der Waals surface area (Å²) in [4.78, 5) is 4.34. The molecule has 0 unspecified atom stereocenters. The van der Waals surface area contributed by atoms with Gasteiger partial charge in [-0.05, 0) is 34.9 Å². The number of hydrogen-bond donors (Lipinski definition) is 1. The molecule has 0 saturated carbocycles. The predicted molar refractivity (Wildman–Crippen MR) is 78.1 cm³/mol. The summed E-state index contributed by atoms with van der Waals surface area (Å²) >= 11 is 6.00. The molecule has 0 fully saturated rings. The van der Waals surface area contributed by atoms with E-state index >= 15 is 0 Å². The first-order chi connectivity index (χ1) is 9.29. The van der Waals surface area contributed by atoms with E-state index < -0.39 is 0 Å². The summed E-state index contributed by atoms with van der Waals surface area (Å²) in [6, 6.07) is 15.5. The van der Waals surface area contributed by atoms with Gasteiger partial charge in [-0.25, -0.2) is 0 Å². The van der Waals surface area contributed by atoms with Crippen molar-refractivity contribution >= 4 is 22.5 Å². The van der Waals surface area contributed by atoms with Crippen LogP contribution >= 0.6 is 11.6 Å². The zero-order chi connectivity index (χ0) is 13.2. The number of rotatable bonds is 2. The second kappa shape index (κ2) is 5.00. The number of fused-ring (bicyclic) bond motifs is 1. The van der Waals surface area contributed by atoms with Crippen LogP contribution in [0.2, 0.25) is 5.02 Å². The highest BCUT2D eigenvalue weighted by Gasteiger charge is 2.08. The van der Waals surface area contributed by atoms with Crippen molar-refractivity contribution in [2.45, 2.75) is 6.61 Å². The van der Waals surface area contributed by atoms with Crippen LogP contribution < -0.4 is 0 Å². The SMILES string of the molecule is OCc1ccccc1-c1ccnc2cc(Cl)ccc12. The summed E-state index contributed by atoms with van der Waals surface area (Å²) < 4.78 is 0. The third-order valence-electron chi connectivity index (χ3n) is 3.18. The Morgan fingerprint density at radius 3 is 2.68 bits per heavy atom. The zero-order valence-corrected chi connectivity index (χ0v) is 10.9. The van der Waals surface area contributed by atoms with Crippen LogP contribution in [0.1, 0.15) is 5.56 Å². The summed E-state index contributed by atoms with van der Waals surface area (Å²) in [6.45, 7) is 0.0214. The van der Waals surface area contributed by atoms with Gasteiger partial charge in [0, 0.05) is 16.6 Å². The Labute approximate surface area is 116 Å². The molecule has 3 aromatic rings. The molecular weight excluding hydrogens is 258 g/mol. The lowest BCUT2D eigenvalue weighted by atomic mass is 9.97. The normalized spacial score (nSPS) is 10.8. The Balaban J connectivity index is 2.31. The number of aliphatic hydroxyl groups is 1. The molecule has 0 aliphatic heterocycles. The zero-order valence-electron chi connectivity index (χ0n) is 10.2. The van der Waals surface area contributed by atoms with Gasteiger partial charge in [0.2, 0.25) is 0 Å². The molecule has 2 nitrogen and oxygen atoms in total. The minimum absolute atomic E-state index is 0.0214. The van der Waals surface area contributed by atoms with E-state index in [-0.39, 0.29) is 6.61 Å². The quantitative estimate of drug-likeness (QED) is 0.761. The molecule has 1 N–H and O–H groups in total. The minimum Gasteiger partial charge on any atom is -0.392 e. The average molecular weight is 270 g/mol. The van der Waals surface area contributed by atoms with Gasteiger partial charge in [-0.1, -0.05) is 41.9 Å². The van der Waals surface area contributed by atoms with E-state index in [1.807, 2.05) is 48.5 Å². The number of benzene rings is 2. The molecule has 2 aromatic carbocycles. The fraction of sp³-hybridized carbons (Fsp3) is 0.0625. The van der Waals surface area contributed by atoms with Crippen LogP contribution in [0.15, 0.2) is 54.7 Å². The molecule has 0 aliphatic carbocycles. The topological polar surface area (TPSA) is 33.1 Å². The molecule has 0 spiro atoms.